The van der Waals surface area contributed by atoms with Crippen LogP contribution >= 0.6 is 11.5 Å². The summed E-state index contributed by atoms with van der Waals surface area (Å²) in [6.45, 7) is 1.61. The van der Waals surface area contributed by atoms with Crippen LogP contribution in [0.4, 0.5) is 5.69 Å². The van der Waals surface area contributed by atoms with Gasteiger partial charge in [-0.1, -0.05) is 24.3 Å². The summed E-state index contributed by atoms with van der Waals surface area (Å²) in [6.07, 6.45) is 2.11. The Balaban J connectivity index is 1.55. The van der Waals surface area contributed by atoms with Crippen LogP contribution in [-0.2, 0) is 0 Å². The van der Waals surface area contributed by atoms with Crippen LogP contribution < -0.4 is 5.32 Å². The summed E-state index contributed by atoms with van der Waals surface area (Å²) in [5.74, 6) is -0.240. The highest BCUT2D eigenvalue weighted by Crippen LogP contribution is 2.23. The molecule has 0 unspecified atom stereocenters. The zero-order chi connectivity index (χ0) is 17.2. The van der Waals surface area contributed by atoms with Crippen molar-refractivity contribution < 1.29 is 9.59 Å². The molecular formula is C19H17N3O2S. The lowest BCUT2D eigenvalue weighted by atomic mass is 10.1. The lowest BCUT2D eigenvalue weighted by molar-refractivity contribution is 0.0792. The molecule has 1 fully saturated rings. The van der Waals surface area contributed by atoms with Crippen LogP contribution in [0.15, 0.2) is 48.5 Å². The van der Waals surface area contributed by atoms with E-state index in [4.69, 9.17) is 0 Å². The molecule has 0 radical (unpaired) electrons. The van der Waals surface area contributed by atoms with Crippen LogP contribution in [0.25, 0.3) is 10.1 Å². The number of carbonyl (C=O) groups excluding carboxylic acids is 2. The molecule has 2 amide bonds. The molecule has 1 aromatic heterocycles. The molecule has 0 aliphatic carbocycles. The summed E-state index contributed by atoms with van der Waals surface area (Å²) in [6, 6.07) is 14.7. The fourth-order valence-electron chi connectivity index (χ4n) is 3.07. The Bertz CT molecular complexity index is 945. The van der Waals surface area contributed by atoms with Crippen LogP contribution in [0.1, 0.15) is 33.7 Å². The van der Waals surface area contributed by atoms with Crippen molar-refractivity contribution >= 4 is 39.1 Å². The Morgan fingerprint density at radius 1 is 1.04 bits per heavy atom. The van der Waals surface area contributed by atoms with Crippen molar-refractivity contribution in [3.8, 4) is 0 Å². The third-order valence-electron chi connectivity index (χ3n) is 4.35. The molecule has 1 aliphatic rings. The third kappa shape index (κ3) is 3.13. The molecule has 1 saturated heterocycles. The first kappa shape index (κ1) is 15.8. The second-order valence-corrected chi connectivity index (χ2v) is 6.87. The van der Waals surface area contributed by atoms with Gasteiger partial charge in [0.05, 0.1) is 4.70 Å². The molecule has 1 N–H and O–H groups in total. The molecule has 0 atom stereocenters. The van der Waals surface area contributed by atoms with Crippen molar-refractivity contribution in [1.29, 1.82) is 0 Å². The number of aromatic nitrogens is 1. The maximum absolute atomic E-state index is 12.6. The van der Waals surface area contributed by atoms with E-state index in [9.17, 15) is 9.59 Å². The van der Waals surface area contributed by atoms with Gasteiger partial charge in [0.2, 0.25) is 0 Å². The molecule has 0 saturated carbocycles. The zero-order valence-corrected chi connectivity index (χ0v) is 14.4. The Morgan fingerprint density at radius 2 is 1.84 bits per heavy atom. The number of anilines is 1. The van der Waals surface area contributed by atoms with E-state index in [1.54, 1.807) is 24.3 Å². The minimum absolute atomic E-state index is 0.0210. The number of benzene rings is 2. The van der Waals surface area contributed by atoms with Crippen molar-refractivity contribution in [3.63, 3.8) is 0 Å². The average molecular weight is 351 g/mol. The number of fused-ring (bicyclic) bond motifs is 1. The molecular weight excluding hydrogens is 334 g/mol. The van der Waals surface area contributed by atoms with Gasteiger partial charge < -0.3 is 10.2 Å². The minimum Gasteiger partial charge on any atom is -0.339 e. The Kier molecular flexibility index (Phi) is 4.19. The monoisotopic (exact) mass is 351 g/mol. The molecule has 25 heavy (non-hydrogen) atoms. The van der Waals surface area contributed by atoms with Gasteiger partial charge >= 0.3 is 0 Å². The first-order chi connectivity index (χ1) is 12.2. The van der Waals surface area contributed by atoms with Crippen LogP contribution in [0.3, 0.4) is 0 Å². The predicted molar refractivity (Wildman–Crippen MR) is 99.2 cm³/mol. The van der Waals surface area contributed by atoms with Crippen molar-refractivity contribution in [2.24, 2.45) is 0 Å². The normalized spacial score (nSPS) is 14.0. The summed E-state index contributed by atoms with van der Waals surface area (Å²) in [5.41, 5.74) is 1.62. The van der Waals surface area contributed by atoms with E-state index < -0.39 is 0 Å². The maximum atomic E-state index is 12.6. The van der Waals surface area contributed by atoms with Gasteiger partial charge in [0.25, 0.3) is 11.8 Å². The van der Waals surface area contributed by atoms with E-state index in [1.807, 2.05) is 29.2 Å². The van der Waals surface area contributed by atoms with Crippen LogP contribution in [0.5, 0.6) is 0 Å². The number of nitrogens with zero attached hydrogens (tertiary/aromatic N) is 2. The molecule has 6 heteroatoms. The summed E-state index contributed by atoms with van der Waals surface area (Å²) in [5, 5.41) is 3.70. The van der Waals surface area contributed by atoms with E-state index in [2.05, 4.69) is 9.69 Å². The van der Waals surface area contributed by atoms with Gasteiger partial charge in [0.15, 0.2) is 0 Å². The first-order valence-corrected chi connectivity index (χ1v) is 9.05. The van der Waals surface area contributed by atoms with Crippen LogP contribution in [0.2, 0.25) is 0 Å². The van der Waals surface area contributed by atoms with E-state index >= 15 is 0 Å². The topological polar surface area (TPSA) is 62.3 Å². The molecule has 5 nitrogen and oxygen atoms in total. The van der Waals surface area contributed by atoms with Gasteiger partial charge in [-0.15, -0.1) is 0 Å². The number of likely N-dealkylation sites (tertiary alicyclic amines) is 1. The molecule has 4 rings (SSSR count). The molecule has 2 aromatic carbocycles. The first-order valence-electron chi connectivity index (χ1n) is 8.27. The van der Waals surface area contributed by atoms with Gasteiger partial charge in [-0.3, -0.25) is 9.59 Å². The van der Waals surface area contributed by atoms with Crippen molar-refractivity contribution in [1.82, 2.24) is 9.27 Å². The SMILES string of the molecule is O=C(Nc1cccc(C(=O)N2CCCC2)c1)c1nsc2ccccc12. The molecule has 126 valence electrons. The van der Waals surface area contributed by atoms with Crippen LogP contribution in [-0.4, -0.2) is 34.2 Å². The maximum Gasteiger partial charge on any atom is 0.276 e. The van der Waals surface area contributed by atoms with E-state index in [0.717, 1.165) is 36.0 Å². The van der Waals surface area contributed by atoms with Gasteiger partial charge in [0, 0.05) is 29.7 Å². The molecule has 0 bridgehead atoms. The highest BCUT2D eigenvalue weighted by molar-refractivity contribution is 7.13. The Hall–Kier alpha value is -2.73. The second kappa shape index (κ2) is 6.64. The molecule has 3 aromatic rings. The average Bonchev–Trinajstić information content (AvgIpc) is 3.31. The van der Waals surface area contributed by atoms with Crippen molar-refractivity contribution in [3.05, 3.63) is 59.8 Å². The number of nitrogens with one attached hydrogen (secondary N) is 1. The fourth-order valence-corrected chi connectivity index (χ4v) is 3.85. The lowest BCUT2D eigenvalue weighted by Gasteiger charge is -2.15. The predicted octanol–water partition coefficient (Wildman–Crippen LogP) is 3.78. The van der Waals surface area contributed by atoms with E-state index in [-0.39, 0.29) is 11.8 Å². The summed E-state index contributed by atoms with van der Waals surface area (Å²) in [7, 11) is 0. The van der Waals surface area contributed by atoms with Crippen molar-refractivity contribution in [2.45, 2.75) is 12.8 Å². The van der Waals surface area contributed by atoms with Gasteiger partial charge in [0.1, 0.15) is 5.69 Å². The fraction of sp³-hybridized carbons (Fsp3) is 0.211. The second-order valence-electron chi connectivity index (χ2n) is 6.06. The molecule has 0 spiro atoms. The van der Waals surface area contributed by atoms with Gasteiger partial charge in [-0.25, -0.2) is 0 Å². The molecule has 1 aliphatic heterocycles. The number of hydrogen-bond donors (Lipinski definition) is 1. The molecule has 2 heterocycles. The zero-order valence-electron chi connectivity index (χ0n) is 13.6. The largest absolute Gasteiger partial charge is 0.339 e. The van der Waals surface area contributed by atoms with E-state index in [1.165, 1.54) is 11.5 Å². The van der Waals surface area contributed by atoms with Gasteiger partial charge in [-0.2, -0.15) is 4.37 Å². The summed E-state index contributed by atoms with van der Waals surface area (Å²) >= 11 is 1.31. The van der Waals surface area contributed by atoms with Crippen molar-refractivity contribution in [2.75, 3.05) is 18.4 Å². The Labute approximate surface area is 149 Å². The number of rotatable bonds is 3. The lowest BCUT2D eigenvalue weighted by Crippen LogP contribution is -2.27. The third-order valence-corrected chi connectivity index (χ3v) is 5.18. The van der Waals surface area contributed by atoms with Crippen LogP contribution in [0, 0.1) is 0 Å². The summed E-state index contributed by atoms with van der Waals surface area (Å²) in [4.78, 5) is 26.9. The number of hydrogen-bond acceptors (Lipinski definition) is 4. The smallest absolute Gasteiger partial charge is 0.276 e. The number of amides is 2. The van der Waals surface area contributed by atoms with E-state index in [0.29, 0.717) is 16.9 Å². The number of carbonyl (C=O) groups is 2. The Morgan fingerprint density at radius 3 is 2.68 bits per heavy atom. The summed E-state index contributed by atoms with van der Waals surface area (Å²) < 4.78 is 5.24. The standard InChI is InChI=1S/C19H17N3O2S/c23-18(17-15-8-1-2-9-16(15)25-21-17)20-14-7-5-6-13(12-14)19(24)22-10-3-4-11-22/h1-2,5-9,12H,3-4,10-11H2,(H,20,23). The quantitative estimate of drug-likeness (QED) is 0.781. The highest BCUT2D eigenvalue weighted by atomic mass is 32.1. The highest BCUT2D eigenvalue weighted by Gasteiger charge is 2.20. The van der Waals surface area contributed by atoms with Gasteiger partial charge in [-0.05, 0) is 48.6 Å². The minimum atomic E-state index is -0.261.